The van der Waals surface area contributed by atoms with Gasteiger partial charge in [0.2, 0.25) is 0 Å². The van der Waals surface area contributed by atoms with Gasteiger partial charge in [-0.1, -0.05) is 49.6 Å². The SMILES string of the molecule is CCCSC1(S)CC2=C(CCc3ccccc32)C2CCCCC21. The number of thioether (sulfide) groups is 1. The molecule has 3 aliphatic carbocycles. The van der Waals surface area contributed by atoms with Crippen LogP contribution in [0.1, 0.15) is 63.0 Å². The Labute approximate surface area is 150 Å². The number of fused-ring (bicyclic) bond motifs is 4. The number of hydrogen-bond donors (Lipinski definition) is 1. The monoisotopic (exact) mass is 344 g/mol. The van der Waals surface area contributed by atoms with Crippen LogP contribution in [0.5, 0.6) is 0 Å². The molecule has 0 aliphatic heterocycles. The molecule has 2 heteroatoms. The fraction of sp³-hybridized carbons (Fsp3) is 0.619. The minimum absolute atomic E-state index is 0.157. The molecule has 0 saturated heterocycles. The van der Waals surface area contributed by atoms with E-state index in [9.17, 15) is 0 Å². The summed E-state index contributed by atoms with van der Waals surface area (Å²) < 4.78 is 0.157. The van der Waals surface area contributed by atoms with Crippen molar-refractivity contribution in [3.8, 4) is 0 Å². The van der Waals surface area contributed by atoms with Crippen LogP contribution in [0.2, 0.25) is 0 Å². The molecule has 1 aromatic rings. The Bertz CT molecular complexity index is 618. The number of benzene rings is 1. The van der Waals surface area contributed by atoms with Crippen molar-refractivity contribution in [1.82, 2.24) is 0 Å². The van der Waals surface area contributed by atoms with Crippen LogP contribution in [0.15, 0.2) is 29.8 Å². The van der Waals surface area contributed by atoms with Crippen LogP contribution in [-0.4, -0.2) is 9.83 Å². The molecule has 0 bridgehead atoms. The maximum atomic E-state index is 5.34. The first-order valence-electron chi connectivity index (χ1n) is 9.39. The predicted molar refractivity (Wildman–Crippen MR) is 106 cm³/mol. The molecule has 3 unspecified atom stereocenters. The van der Waals surface area contributed by atoms with E-state index in [1.165, 1.54) is 57.1 Å². The van der Waals surface area contributed by atoms with Gasteiger partial charge in [0, 0.05) is 0 Å². The number of rotatable bonds is 3. The minimum Gasteiger partial charge on any atom is -0.161 e. The molecule has 3 atom stereocenters. The molecule has 23 heavy (non-hydrogen) atoms. The van der Waals surface area contributed by atoms with Gasteiger partial charge in [0.15, 0.2) is 0 Å². The van der Waals surface area contributed by atoms with Crippen LogP contribution in [0.4, 0.5) is 0 Å². The minimum atomic E-state index is 0.157. The second-order valence-electron chi connectivity index (χ2n) is 7.53. The average Bonchev–Trinajstić information content (AvgIpc) is 2.60. The Kier molecular flexibility index (Phi) is 4.58. The van der Waals surface area contributed by atoms with Crippen LogP contribution >= 0.6 is 24.4 Å². The topological polar surface area (TPSA) is 0 Å². The predicted octanol–water partition coefficient (Wildman–Crippen LogP) is 6.37. The van der Waals surface area contributed by atoms with E-state index in [0.29, 0.717) is 0 Å². The summed E-state index contributed by atoms with van der Waals surface area (Å²) in [6, 6.07) is 9.13. The highest BCUT2D eigenvalue weighted by Crippen LogP contribution is 2.59. The zero-order chi connectivity index (χ0) is 15.9. The highest BCUT2D eigenvalue weighted by Gasteiger charge is 2.48. The summed E-state index contributed by atoms with van der Waals surface area (Å²) in [5.74, 6) is 2.85. The van der Waals surface area contributed by atoms with Crippen molar-refractivity contribution >= 4 is 30.0 Å². The standard InChI is InChI=1S/C21H28S2/c1-2-13-23-21(22)14-19-16-8-4-3-7-15(16)11-12-17(19)18-9-5-6-10-20(18)21/h3-4,7-8,18,20,22H,2,5-6,9-14H2,1H3. The number of allylic oxidation sites excluding steroid dienone is 2. The van der Waals surface area contributed by atoms with E-state index in [1.807, 2.05) is 5.57 Å². The third kappa shape index (κ3) is 2.80. The van der Waals surface area contributed by atoms with Crippen molar-refractivity contribution in [2.75, 3.05) is 5.75 Å². The normalized spacial score (nSPS) is 33.0. The van der Waals surface area contributed by atoms with E-state index in [0.717, 1.165) is 11.8 Å². The lowest BCUT2D eigenvalue weighted by atomic mass is 9.63. The maximum absolute atomic E-state index is 5.34. The van der Waals surface area contributed by atoms with Gasteiger partial charge in [0.1, 0.15) is 0 Å². The van der Waals surface area contributed by atoms with Crippen LogP contribution in [0.3, 0.4) is 0 Å². The van der Waals surface area contributed by atoms with Gasteiger partial charge in [-0.05, 0) is 72.8 Å². The van der Waals surface area contributed by atoms with Gasteiger partial charge in [-0.3, -0.25) is 0 Å². The summed E-state index contributed by atoms with van der Waals surface area (Å²) in [4.78, 5) is 0. The molecule has 124 valence electrons. The Morgan fingerprint density at radius 1 is 1.17 bits per heavy atom. The largest absolute Gasteiger partial charge is 0.161 e. The van der Waals surface area contributed by atoms with E-state index in [2.05, 4.69) is 43.0 Å². The lowest BCUT2D eigenvalue weighted by Crippen LogP contribution is -2.42. The second-order valence-corrected chi connectivity index (χ2v) is 10.1. The fourth-order valence-electron chi connectivity index (χ4n) is 5.15. The molecule has 0 heterocycles. The molecule has 0 amide bonds. The number of hydrogen-bond acceptors (Lipinski definition) is 2. The van der Waals surface area contributed by atoms with Crippen LogP contribution < -0.4 is 0 Å². The van der Waals surface area contributed by atoms with E-state index in [4.69, 9.17) is 12.6 Å². The van der Waals surface area contributed by atoms with E-state index in [1.54, 1.807) is 16.7 Å². The molecule has 1 aromatic carbocycles. The van der Waals surface area contributed by atoms with Crippen LogP contribution in [-0.2, 0) is 6.42 Å². The summed E-state index contributed by atoms with van der Waals surface area (Å²) in [5.41, 5.74) is 6.61. The van der Waals surface area contributed by atoms with Gasteiger partial charge >= 0.3 is 0 Å². The molecular formula is C21H28S2. The molecule has 1 saturated carbocycles. The van der Waals surface area contributed by atoms with E-state index in [-0.39, 0.29) is 4.08 Å². The van der Waals surface area contributed by atoms with E-state index < -0.39 is 0 Å². The van der Waals surface area contributed by atoms with Crippen molar-refractivity contribution in [2.24, 2.45) is 11.8 Å². The Hall–Kier alpha value is -0.340. The highest BCUT2D eigenvalue weighted by molar-refractivity contribution is 8.11. The van der Waals surface area contributed by atoms with Crippen molar-refractivity contribution < 1.29 is 0 Å². The summed E-state index contributed by atoms with van der Waals surface area (Å²) in [5, 5.41) is 0. The van der Waals surface area contributed by atoms with Gasteiger partial charge in [-0.2, -0.15) is 12.6 Å². The Morgan fingerprint density at radius 2 is 2.00 bits per heavy atom. The molecule has 0 nitrogen and oxygen atoms in total. The van der Waals surface area contributed by atoms with Crippen molar-refractivity contribution in [1.29, 1.82) is 0 Å². The molecular weight excluding hydrogens is 316 g/mol. The molecule has 0 aromatic heterocycles. The summed E-state index contributed by atoms with van der Waals surface area (Å²) in [7, 11) is 0. The highest BCUT2D eigenvalue weighted by atomic mass is 32.2. The van der Waals surface area contributed by atoms with E-state index >= 15 is 0 Å². The molecule has 3 aliphatic rings. The summed E-state index contributed by atoms with van der Waals surface area (Å²) >= 11 is 7.49. The smallest absolute Gasteiger partial charge is 0.0655 e. The van der Waals surface area contributed by atoms with Gasteiger partial charge in [0.05, 0.1) is 4.08 Å². The molecule has 0 radical (unpaired) electrons. The van der Waals surface area contributed by atoms with Crippen molar-refractivity contribution in [3.63, 3.8) is 0 Å². The number of aryl methyl sites for hydroxylation is 1. The van der Waals surface area contributed by atoms with Gasteiger partial charge < -0.3 is 0 Å². The third-order valence-corrected chi connectivity index (χ3v) is 8.61. The molecule has 1 fully saturated rings. The first kappa shape index (κ1) is 16.1. The Balaban J connectivity index is 1.77. The maximum Gasteiger partial charge on any atom is 0.0655 e. The summed E-state index contributed by atoms with van der Waals surface area (Å²) in [6.45, 7) is 2.30. The molecule has 0 N–H and O–H groups in total. The zero-order valence-corrected chi connectivity index (χ0v) is 15.9. The van der Waals surface area contributed by atoms with Gasteiger partial charge in [-0.15, -0.1) is 11.8 Å². The number of thiol groups is 1. The first-order valence-corrected chi connectivity index (χ1v) is 10.8. The zero-order valence-electron chi connectivity index (χ0n) is 14.2. The van der Waals surface area contributed by atoms with Crippen LogP contribution in [0, 0.1) is 11.8 Å². The third-order valence-electron chi connectivity index (χ3n) is 6.17. The van der Waals surface area contributed by atoms with Crippen molar-refractivity contribution in [3.05, 3.63) is 41.0 Å². The molecule has 4 rings (SSSR count). The van der Waals surface area contributed by atoms with Gasteiger partial charge in [-0.25, -0.2) is 0 Å². The lowest BCUT2D eigenvalue weighted by molar-refractivity contribution is 0.239. The Morgan fingerprint density at radius 3 is 2.87 bits per heavy atom. The average molecular weight is 345 g/mol. The van der Waals surface area contributed by atoms with Gasteiger partial charge in [0.25, 0.3) is 0 Å². The van der Waals surface area contributed by atoms with Crippen molar-refractivity contribution in [2.45, 2.75) is 62.4 Å². The van der Waals surface area contributed by atoms with Crippen LogP contribution in [0.25, 0.3) is 5.57 Å². The molecule has 0 spiro atoms. The second kappa shape index (κ2) is 6.52. The lowest BCUT2D eigenvalue weighted by Gasteiger charge is -2.50. The fourth-order valence-corrected chi connectivity index (χ4v) is 7.19. The quantitative estimate of drug-likeness (QED) is 0.491. The summed E-state index contributed by atoms with van der Waals surface area (Å²) in [6.07, 6.45) is 10.6. The first-order chi connectivity index (χ1) is 11.2.